The zero-order valence-electron chi connectivity index (χ0n) is 12.0. The molecule has 0 aliphatic carbocycles. The predicted molar refractivity (Wildman–Crippen MR) is 80.3 cm³/mol. The van der Waals surface area contributed by atoms with Gasteiger partial charge in [-0.05, 0) is 24.6 Å². The van der Waals surface area contributed by atoms with Crippen LogP contribution in [-0.2, 0) is 14.8 Å². The van der Waals surface area contributed by atoms with Gasteiger partial charge in [-0.15, -0.1) is 0 Å². The molecular weight excluding hydrogens is 302 g/mol. The van der Waals surface area contributed by atoms with E-state index in [1.165, 1.54) is 12.1 Å². The van der Waals surface area contributed by atoms with Crippen LogP contribution < -0.4 is 9.83 Å². The van der Waals surface area contributed by atoms with Crippen LogP contribution in [-0.4, -0.2) is 14.4 Å². The number of hydrogen-bond donors (Lipinski definition) is 1. The summed E-state index contributed by atoms with van der Waals surface area (Å²) in [5.74, 6) is -1.32. The lowest BCUT2D eigenvalue weighted by Crippen LogP contribution is -2.34. The number of carbonyl (C=O) groups is 1. The second kappa shape index (κ2) is 6.72. The SMILES string of the molecule is Cc1ccc(S(=O)(=O)N[C@H](CC(=O)[O-])c2ccccc2)cc1. The molecule has 0 heterocycles. The van der Waals surface area contributed by atoms with Gasteiger partial charge in [0.1, 0.15) is 0 Å². The molecule has 0 aliphatic rings. The molecule has 0 amide bonds. The van der Waals surface area contributed by atoms with Crippen LogP contribution in [0.2, 0.25) is 0 Å². The number of aryl methyl sites for hydroxylation is 1. The van der Waals surface area contributed by atoms with Gasteiger partial charge in [0.2, 0.25) is 10.0 Å². The summed E-state index contributed by atoms with van der Waals surface area (Å²) < 4.78 is 27.2. The van der Waals surface area contributed by atoms with Crippen LogP contribution >= 0.6 is 0 Å². The van der Waals surface area contributed by atoms with Gasteiger partial charge in [-0.1, -0.05) is 48.0 Å². The lowest BCUT2D eigenvalue weighted by Gasteiger charge is -2.19. The summed E-state index contributed by atoms with van der Waals surface area (Å²) in [7, 11) is -3.81. The topological polar surface area (TPSA) is 86.3 Å². The van der Waals surface area contributed by atoms with Gasteiger partial charge in [-0.2, -0.15) is 0 Å². The summed E-state index contributed by atoms with van der Waals surface area (Å²) in [6.45, 7) is 1.85. The molecule has 116 valence electrons. The molecule has 0 bridgehead atoms. The van der Waals surface area contributed by atoms with Crippen molar-refractivity contribution in [1.82, 2.24) is 4.72 Å². The van der Waals surface area contributed by atoms with Crippen LogP contribution in [0.15, 0.2) is 59.5 Å². The number of hydrogen-bond acceptors (Lipinski definition) is 4. The second-order valence-corrected chi connectivity index (χ2v) is 6.69. The van der Waals surface area contributed by atoms with Crippen molar-refractivity contribution in [3.05, 3.63) is 65.7 Å². The van der Waals surface area contributed by atoms with Crippen molar-refractivity contribution in [3.8, 4) is 0 Å². The highest BCUT2D eigenvalue weighted by atomic mass is 32.2. The minimum atomic E-state index is -3.81. The molecule has 0 saturated carbocycles. The minimum Gasteiger partial charge on any atom is -0.550 e. The minimum absolute atomic E-state index is 0.0948. The highest BCUT2D eigenvalue weighted by Gasteiger charge is 2.21. The molecule has 0 unspecified atom stereocenters. The molecule has 5 nitrogen and oxygen atoms in total. The maximum Gasteiger partial charge on any atom is 0.241 e. The Bertz CT molecular complexity index is 739. The monoisotopic (exact) mass is 318 g/mol. The van der Waals surface area contributed by atoms with E-state index in [2.05, 4.69) is 4.72 Å². The summed E-state index contributed by atoms with van der Waals surface area (Å²) in [5, 5.41) is 10.9. The van der Waals surface area contributed by atoms with Gasteiger partial charge in [0, 0.05) is 12.4 Å². The van der Waals surface area contributed by atoms with Crippen LogP contribution in [0.1, 0.15) is 23.6 Å². The first kappa shape index (κ1) is 16.2. The number of aliphatic carboxylic acids is 1. The van der Waals surface area contributed by atoms with Gasteiger partial charge in [-0.3, -0.25) is 0 Å². The molecule has 0 fully saturated rings. The number of carboxylic acids is 1. The highest BCUT2D eigenvalue weighted by molar-refractivity contribution is 7.89. The molecule has 2 aromatic rings. The summed E-state index contributed by atoms with van der Waals surface area (Å²) in [6.07, 6.45) is -0.435. The molecule has 0 aromatic heterocycles. The molecule has 22 heavy (non-hydrogen) atoms. The van der Waals surface area contributed by atoms with Gasteiger partial charge >= 0.3 is 0 Å². The van der Waals surface area contributed by atoms with Crippen LogP contribution in [0, 0.1) is 6.92 Å². The molecule has 1 atom stereocenters. The Morgan fingerprint density at radius 3 is 2.23 bits per heavy atom. The van der Waals surface area contributed by atoms with Crippen molar-refractivity contribution in [2.75, 3.05) is 0 Å². The van der Waals surface area contributed by atoms with Crippen molar-refractivity contribution in [2.45, 2.75) is 24.3 Å². The molecule has 2 aromatic carbocycles. The molecule has 6 heteroatoms. The van der Waals surface area contributed by atoms with E-state index in [4.69, 9.17) is 0 Å². The fourth-order valence-corrected chi connectivity index (χ4v) is 3.28. The van der Waals surface area contributed by atoms with Crippen LogP contribution in [0.5, 0.6) is 0 Å². The van der Waals surface area contributed by atoms with Crippen LogP contribution in [0.4, 0.5) is 0 Å². The standard InChI is InChI=1S/C16H17NO4S/c1-12-7-9-14(10-8-12)22(20,21)17-15(11-16(18)19)13-5-3-2-4-6-13/h2-10,15,17H,11H2,1H3,(H,18,19)/p-1/t15-/m1/s1. The van der Waals surface area contributed by atoms with E-state index in [-0.39, 0.29) is 4.90 Å². The summed E-state index contributed by atoms with van der Waals surface area (Å²) in [5.41, 5.74) is 1.51. The van der Waals surface area contributed by atoms with Crippen molar-refractivity contribution in [2.24, 2.45) is 0 Å². The van der Waals surface area contributed by atoms with E-state index >= 15 is 0 Å². The Kier molecular flexibility index (Phi) is 4.95. The molecule has 0 aliphatic heterocycles. The third-order valence-corrected chi connectivity index (χ3v) is 4.69. The smallest absolute Gasteiger partial charge is 0.241 e. The number of sulfonamides is 1. The van der Waals surface area contributed by atoms with Gasteiger partial charge in [0.05, 0.1) is 10.9 Å². The Balaban J connectivity index is 2.30. The first-order chi connectivity index (χ1) is 10.4. The molecule has 0 radical (unpaired) electrons. The number of carbonyl (C=O) groups excluding carboxylic acids is 1. The van der Waals surface area contributed by atoms with Gasteiger partial charge in [0.15, 0.2) is 0 Å². The summed E-state index contributed by atoms with van der Waals surface area (Å²) in [4.78, 5) is 11.0. The molecular formula is C16H16NO4S-. The first-order valence-corrected chi connectivity index (χ1v) is 8.20. The predicted octanol–water partition coefficient (Wildman–Crippen LogP) is 1.15. The highest BCUT2D eigenvalue weighted by Crippen LogP contribution is 2.20. The lowest BCUT2D eigenvalue weighted by atomic mass is 10.1. The summed E-state index contributed by atoms with van der Waals surface area (Å²) in [6, 6.07) is 14.0. The van der Waals surface area contributed by atoms with Crippen molar-refractivity contribution in [1.29, 1.82) is 0 Å². The van der Waals surface area contributed by atoms with Gasteiger partial charge < -0.3 is 9.90 Å². The third kappa shape index (κ3) is 4.16. The van der Waals surface area contributed by atoms with Crippen molar-refractivity contribution < 1.29 is 18.3 Å². The average Bonchev–Trinajstić information content (AvgIpc) is 2.47. The fourth-order valence-electron chi connectivity index (χ4n) is 2.05. The maximum absolute atomic E-state index is 12.4. The Hall–Kier alpha value is -2.18. The Morgan fingerprint density at radius 1 is 1.09 bits per heavy atom. The number of rotatable bonds is 6. The Morgan fingerprint density at radius 2 is 1.68 bits per heavy atom. The van der Waals surface area contributed by atoms with E-state index < -0.39 is 28.5 Å². The lowest BCUT2D eigenvalue weighted by molar-refractivity contribution is -0.306. The van der Waals surface area contributed by atoms with Crippen molar-refractivity contribution in [3.63, 3.8) is 0 Å². The van der Waals surface area contributed by atoms with E-state index in [1.54, 1.807) is 42.5 Å². The van der Waals surface area contributed by atoms with Gasteiger partial charge in [-0.25, -0.2) is 13.1 Å². The van der Waals surface area contributed by atoms with Crippen molar-refractivity contribution >= 4 is 16.0 Å². The van der Waals surface area contributed by atoms with E-state index in [9.17, 15) is 18.3 Å². The molecule has 2 rings (SSSR count). The zero-order valence-corrected chi connectivity index (χ0v) is 12.8. The fraction of sp³-hybridized carbons (Fsp3) is 0.188. The molecule has 0 spiro atoms. The van der Waals surface area contributed by atoms with Crippen LogP contribution in [0.25, 0.3) is 0 Å². The number of benzene rings is 2. The van der Waals surface area contributed by atoms with E-state index in [0.29, 0.717) is 5.56 Å². The van der Waals surface area contributed by atoms with E-state index in [0.717, 1.165) is 5.56 Å². The van der Waals surface area contributed by atoms with E-state index in [1.807, 2.05) is 6.92 Å². The summed E-state index contributed by atoms with van der Waals surface area (Å²) >= 11 is 0. The zero-order chi connectivity index (χ0) is 16.2. The number of carboxylic acid groups (broad SMARTS) is 1. The normalized spacial score (nSPS) is 12.8. The van der Waals surface area contributed by atoms with Gasteiger partial charge in [0.25, 0.3) is 0 Å². The maximum atomic E-state index is 12.4. The van der Waals surface area contributed by atoms with Crippen LogP contribution in [0.3, 0.4) is 0 Å². The first-order valence-electron chi connectivity index (χ1n) is 6.72. The number of nitrogens with one attached hydrogen (secondary N) is 1. The molecule has 1 N–H and O–H groups in total. The average molecular weight is 318 g/mol. The third-order valence-electron chi connectivity index (χ3n) is 3.20. The quantitative estimate of drug-likeness (QED) is 0.866. The Labute approximate surface area is 129 Å². The second-order valence-electron chi connectivity index (χ2n) is 4.97. The molecule has 0 saturated heterocycles. The largest absolute Gasteiger partial charge is 0.550 e.